The molecule has 3 heterocycles. The van der Waals surface area contributed by atoms with E-state index in [2.05, 4.69) is 15.1 Å². The standard InChI is InChI=1S/C20H20ClN5O2/c21-15-6-3-8-17(11-15)26-20(28)23-19(24-26)14-5-4-10-25(13-14)18(27)12-16-7-1-2-9-22-16/h1-3,6-9,11,14H,4-5,10,12-13H2,(H,23,24,28). The van der Waals surface area contributed by atoms with Gasteiger partial charge in [-0.3, -0.25) is 14.8 Å². The van der Waals surface area contributed by atoms with E-state index in [-0.39, 0.29) is 23.9 Å². The molecule has 1 aliphatic rings. The van der Waals surface area contributed by atoms with Gasteiger partial charge in [0, 0.05) is 35.9 Å². The first-order valence-electron chi connectivity index (χ1n) is 9.23. The van der Waals surface area contributed by atoms with Gasteiger partial charge in [0.2, 0.25) is 5.91 Å². The molecule has 0 spiro atoms. The first-order chi connectivity index (χ1) is 13.6. The summed E-state index contributed by atoms with van der Waals surface area (Å²) in [5.74, 6) is 0.634. The van der Waals surface area contributed by atoms with Crippen molar-refractivity contribution >= 4 is 17.5 Å². The molecule has 8 heteroatoms. The molecule has 28 heavy (non-hydrogen) atoms. The largest absolute Gasteiger partial charge is 0.348 e. The Balaban J connectivity index is 1.50. The van der Waals surface area contributed by atoms with Crippen molar-refractivity contribution in [1.29, 1.82) is 0 Å². The lowest BCUT2D eigenvalue weighted by Gasteiger charge is -2.31. The molecule has 0 saturated carbocycles. The fraction of sp³-hybridized carbons (Fsp3) is 0.300. The van der Waals surface area contributed by atoms with Crippen LogP contribution in [-0.2, 0) is 11.2 Å². The van der Waals surface area contributed by atoms with Gasteiger partial charge in [0.25, 0.3) is 0 Å². The minimum absolute atomic E-state index is 0.00503. The number of piperidine rings is 1. The number of likely N-dealkylation sites (tertiary alicyclic amines) is 1. The van der Waals surface area contributed by atoms with E-state index < -0.39 is 0 Å². The van der Waals surface area contributed by atoms with Crippen molar-refractivity contribution in [2.75, 3.05) is 13.1 Å². The van der Waals surface area contributed by atoms with E-state index in [9.17, 15) is 9.59 Å². The van der Waals surface area contributed by atoms with Gasteiger partial charge in [-0.05, 0) is 43.2 Å². The second-order valence-corrected chi connectivity index (χ2v) is 7.32. The molecule has 2 aromatic heterocycles. The minimum atomic E-state index is -0.311. The summed E-state index contributed by atoms with van der Waals surface area (Å²) in [6.45, 7) is 1.25. The zero-order valence-corrected chi connectivity index (χ0v) is 16.0. The summed E-state index contributed by atoms with van der Waals surface area (Å²) < 4.78 is 1.32. The summed E-state index contributed by atoms with van der Waals surface area (Å²) in [6.07, 6.45) is 3.70. The van der Waals surface area contributed by atoms with Crippen molar-refractivity contribution in [3.8, 4) is 5.69 Å². The summed E-state index contributed by atoms with van der Waals surface area (Å²) in [5, 5.41) is 5.00. The third-order valence-electron chi connectivity index (χ3n) is 4.91. The molecule has 1 N–H and O–H groups in total. The molecular formula is C20H20ClN5O2. The number of H-pyrrole nitrogens is 1. The van der Waals surface area contributed by atoms with Gasteiger partial charge in [-0.25, -0.2) is 4.79 Å². The summed E-state index contributed by atoms with van der Waals surface area (Å²) in [7, 11) is 0. The molecule has 7 nitrogen and oxygen atoms in total. The highest BCUT2D eigenvalue weighted by Gasteiger charge is 2.27. The third kappa shape index (κ3) is 3.99. The van der Waals surface area contributed by atoms with Gasteiger partial charge in [-0.2, -0.15) is 4.68 Å². The molecule has 0 aliphatic carbocycles. The first kappa shape index (κ1) is 18.4. The highest BCUT2D eigenvalue weighted by Crippen LogP contribution is 2.25. The predicted molar refractivity (Wildman–Crippen MR) is 106 cm³/mol. The second-order valence-electron chi connectivity index (χ2n) is 6.88. The van der Waals surface area contributed by atoms with Crippen molar-refractivity contribution in [2.24, 2.45) is 0 Å². The Hall–Kier alpha value is -2.93. The topological polar surface area (TPSA) is 83.9 Å². The number of amides is 1. The Morgan fingerprint density at radius 3 is 2.93 bits per heavy atom. The van der Waals surface area contributed by atoms with Gasteiger partial charge < -0.3 is 4.90 Å². The van der Waals surface area contributed by atoms with Crippen LogP contribution in [0.25, 0.3) is 5.69 Å². The van der Waals surface area contributed by atoms with Crippen LogP contribution >= 0.6 is 11.6 Å². The molecule has 1 aromatic carbocycles. The second kappa shape index (κ2) is 7.98. The van der Waals surface area contributed by atoms with Crippen LogP contribution in [0.3, 0.4) is 0 Å². The van der Waals surface area contributed by atoms with Crippen LogP contribution in [0.4, 0.5) is 0 Å². The van der Waals surface area contributed by atoms with Gasteiger partial charge in [0.05, 0.1) is 12.1 Å². The average molecular weight is 398 g/mol. The molecule has 0 bridgehead atoms. The van der Waals surface area contributed by atoms with E-state index in [1.807, 2.05) is 23.1 Å². The smallest absolute Gasteiger partial charge is 0.342 e. The van der Waals surface area contributed by atoms with E-state index in [0.29, 0.717) is 29.6 Å². The number of aromatic nitrogens is 4. The number of nitrogens with one attached hydrogen (secondary N) is 1. The summed E-state index contributed by atoms with van der Waals surface area (Å²) in [5.41, 5.74) is 1.06. The Morgan fingerprint density at radius 2 is 2.14 bits per heavy atom. The highest BCUT2D eigenvalue weighted by molar-refractivity contribution is 6.30. The van der Waals surface area contributed by atoms with Crippen LogP contribution < -0.4 is 5.69 Å². The van der Waals surface area contributed by atoms with Crippen LogP contribution in [0, 0.1) is 0 Å². The maximum Gasteiger partial charge on any atom is 0.348 e. The van der Waals surface area contributed by atoms with E-state index >= 15 is 0 Å². The fourth-order valence-corrected chi connectivity index (χ4v) is 3.69. The van der Waals surface area contributed by atoms with Crippen molar-refractivity contribution in [2.45, 2.75) is 25.2 Å². The average Bonchev–Trinajstić information content (AvgIpc) is 3.11. The van der Waals surface area contributed by atoms with Gasteiger partial charge in [0.1, 0.15) is 5.82 Å². The monoisotopic (exact) mass is 397 g/mol. The number of carbonyl (C=O) groups excluding carboxylic acids is 1. The van der Waals surface area contributed by atoms with Gasteiger partial charge in [-0.1, -0.05) is 23.7 Å². The Morgan fingerprint density at radius 1 is 1.25 bits per heavy atom. The predicted octanol–water partition coefficient (Wildman–Crippen LogP) is 2.56. The number of aromatic amines is 1. The quantitative estimate of drug-likeness (QED) is 0.733. The van der Waals surface area contributed by atoms with E-state index in [1.54, 1.807) is 30.5 Å². The number of nitrogens with zero attached hydrogens (tertiary/aromatic N) is 4. The number of benzene rings is 1. The Bertz CT molecular complexity index is 1030. The van der Waals surface area contributed by atoms with E-state index in [0.717, 1.165) is 18.5 Å². The molecule has 4 rings (SSSR count). The molecule has 1 unspecified atom stereocenters. The molecule has 1 aliphatic heterocycles. The van der Waals surface area contributed by atoms with E-state index in [4.69, 9.17) is 11.6 Å². The minimum Gasteiger partial charge on any atom is -0.342 e. The normalized spacial score (nSPS) is 16.9. The molecule has 1 fully saturated rings. The van der Waals surface area contributed by atoms with Crippen LogP contribution in [-0.4, -0.2) is 43.6 Å². The Labute approximate surface area is 167 Å². The highest BCUT2D eigenvalue weighted by atomic mass is 35.5. The van der Waals surface area contributed by atoms with Crippen molar-refractivity contribution in [3.63, 3.8) is 0 Å². The van der Waals surface area contributed by atoms with Crippen LogP contribution in [0.5, 0.6) is 0 Å². The zero-order chi connectivity index (χ0) is 19.5. The number of carbonyl (C=O) groups is 1. The van der Waals surface area contributed by atoms with Gasteiger partial charge in [0.15, 0.2) is 0 Å². The van der Waals surface area contributed by atoms with Crippen LogP contribution in [0.2, 0.25) is 5.02 Å². The molecule has 1 saturated heterocycles. The lowest BCUT2D eigenvalue weighted by atomic mass is 9.97. The number of hydrogen-bond donors (Lipinski definition) is 1. The van der Waals surface area contributed by atoms with Crippen molar-refractivity contribution in [1.82, 2.24) is 24.6 Å². The molecule has 1 atom stereocenters. The molecule has 144 valence electrons. The van der Waals surface area contributed by atoms with Crippen molar-refractivity contribution in [3.05, 3.63) is 75.7 Å². The van der Waals surface area contributed by atoms with Gasteiger partial charge >= 0.3 is 5.69 Å². The molecule has 3 aromatic rings. The lowest BCUT2D eigenvalue weighted by Crippen LogP contribution is -2.40. The lowest BCUT2D eigenvalue weighted by molar-refractivity contribution is -0.131. The molecule has 1 amide bonds. The maximum absolute atomic E-state index is 12.6. The van der Waals surface area contributed by atoms with Gasteiger partial charge in [-0.15, -0.1) is 5.10 Å². The number of hydrogen-bond acceptors (Lipinski definition) is 4. The number of pyridine rings is 1. The Kier molecular flexibility index (Phi) is 5.25. The van der Waals surface area contributed by atoms with Crippen LogP contribution in [0.1, 0.15) is 30.3 Å². The number of halogens is 1. The van der Waals surface area contributed by atoms with Crippen molar-refractivity contribution < 1.29 is 4.79 Å². The summed E-state index contributed by atoms with van der Waals surface area (Å²) in [6, 6.07) is 12.5. The summed E-state index contributed by atoms with van der Waals surface area (Å²) in [4.78, 5) is 33.9. The SMILES string of the molecule is O=C(Cc1ccccn1)N1CCCC(c2nn(-c3cccc(Cl)c3)c(=O)[nH]2)C1. The molecule has 0 radical (unpaired) electrons. The fourth-order valence-electron chi connectivity index (χ4n) is 3.50. The van der Waals surface area contributed by atoms with E-state index in [1.165, 1.54) is 4.68 Å². The third-order valence-corrected chi connectivity index (χ3v) is 5.14. The maximum atomic E-state index is 12.6. The zero-order valence-electron chi connectivity index (χ0n) is 15.2. The molecular weight excluding hydrogens is 378 g/mol. The number of rotatable bonds is 4. The first-order valence-corrected chi connectivity index (χ1v) is 9.61. The summed E-state index contributed by atoms with van der Waals surface area (Å²) >= 11 is 6.02. The van der Waals surface area contributed by atoms with Crippen LogP contribution in [0.15, 0.2) is 53.5 Å².